The lowest BCUT2D eigenvalue weighted by Gasteiger charge is -2.54. The molecule has 1 aromatic carbocycles. The minimum atomic E-state index is -0.343. The van der Waals surface area contributed by atoms with Crippen LogP contribution in [-0.2, 0) is 9.53 Å². The monoisotopic (exact) mass is 398 g/mol. The van der Waals surface area contributed by atoms with Crippen LogP contribution in [0.1, 0.15) is 72.9 Å². The number of carbonyl (C=O) groups excluding carboxylic acids is 1. The zero-order valence-electron chi connectivity index (χ0n) is 19.7. The molecule has 0 spiro atoms. The maximum atomic E-state index is 11.9. The summed E-state index contributed by atoms with van der Waals surface area (Å²) in [6.45, 7) is 20.3. The number of rotatable bonds is 5. The maximum absolute atomic E-state index is 11.9. The lowest BCUT2D eigenvalue weighted by molar-refractivity contribution is -0.145. The molecular weight excluding hydrogens is 360 g/mol. The van der Waals surface area contributed by atoms with Crippen LogP contribution in [-0.4, -0.2) is 19.2 Å². The zero-order chi connectivity index (χ0) is 22.0. The normalized spacial score (nSPS) is 16.7. The third-order valence-corrected chi connectivity index (χ3v) is 6.20. The summed E-state index contributed by atoms with van der Waals surface area (Å²) in [6.07, 6.45) is 5.75. The smallest absolute Gasteiger partial charge is 0.344 e. The Morgan fingerprint density at radius 1 is 1.07 bits per heavy atom. The fraction of sp³-hybridized carbons (Fsp3) is 0.577. The van der Waals surface area contributed by atoms with Crippen molar-refractivity contribution in [3.8, 4) is 5.75 Å². The number of allylic oxidation sites excluding steroid dienone is 4. The Kier molecular flexibility index (Phi) is 6.71. The van der Waals surface area contributed by atoms with E-state index in [1.807, 2.05) is 13.0 Å². The van der Waals surface area contributed by atoms with Crippen LogP contribution in [0.2, 0.25) is 0 Å². The van der Waals surface area contributed by atoms with Gasteiger partial charge >= 0.3 is 5.97 Å². The van der Waals surface area contributed by atoms with Gasteiger partial charge in [-0.05, 0) is 49.2 Å². The van der Waals surface area contributed by atoms with Crippen molar-refractivity contribution in [3.05, 3.63) is 47.1 Å². The summed E-state index contributed by atoms with van der Waals surface area (Å²) in [5.41, 5.74) is 4.75. The highest BCUT2D eigenvalue weighted by Gasteiger charge is 2.50. The summed E-state index contributed by atoms with van der Waals surface area (Å²) in [6, 6.07) is 6.16. The first kappa shape index (κ1) is 23.3. The first-order valence-corrected chi connectivity index (χ1v) is 10.6. The predicted octanol–water partition coefficient (Wildman–Crippen LogP) is 6.75. The Balaban J connectivity index is 2.59. The Bertz CT molecular complexity index is 799. The molecule has 0 unspecified atom stereocenters. The second kappa shape index (κ2) is 8.38. The van der Waals surface area contributed by atoms with E-state index in [9.17, 15) is 4.79 Å². The highest BCUT2D eigenvalue weighted by Crippen LogP contribution is 2.59. The molecule has 0 fully saturated rings. The molecule has 0 radical (unpaired) electrons. The van der Waals surface area contributed by atoms with Gasteiger partial charge in [0, 0.05) is 11.0 Å². The summed E-state index contributed by atoms with van der Waals surface area (Å²) in [5, 5.41) is 0. The zero-order valence-corrected chi connectivity index (χ0v) is 19.7. The van der Waals surface area contributed by atoms with Crippen molar-refractivity contribution in [3.63, 3.8) is 0 Å². The molecule has 1 aromatic rings. The topological polar surface area (TPSA) is 35.5 Å². The van der Waals surface area contributed by atoms with Gasteiger partial charge in [0.05, 0.1) is 6.61 Å². The molecule has 0 amide bonds. The van der Waals surface area contributed by atoms with Gasteiger partial charge in [-0.2, -0.15) is 0 Å². The molecule has 1 aliphatic carbocycles. The van der Waals surface area contributed by atoms with E-state index in [2.05, 4.69) is 72.8 Å². The predicted molar refractivity (Wildman–Crippen MR) is 121 cm³/mol. The van der Waals surface area contributed by atoms with E-state index in [0.29, 0.717) is 6.61 Å². The average molecular weight is 399 g/mol. The standard InChI is InChI=1S/C26H38O3/c1-10-28-22(27)17-29-23-19(3)12-11-13-21(23)20-14-18(2)15-26(16-20,24(4,5)6)25(7,8)9/h11-14,16H,10,15,17H2,1-9H3. The molecule has 0 heterocycles. The summed E-state index contributed by atoms with van der Waals surface area (Å²) in [4.78, 5) is 11.9. The van der Waals surface area contributed by atoms with Gasteiger partial charge in [0.2, 0.25) is 0 Å². The van der Waals surface area contributed by atoms with Crippen molar-refractivity contribution in [1.82, 2.24) is 0 Å². The minimum Gasteiger partial charge on any atom is -0.481 e. The van der Waals surface area contributed by atoms with Gasteiger partial charge in [-0.1, -0.05) is 77.5 Å². The molecule has 3 heteroatoms. The van der Waals surface area contributed by atoms with E-state index in [1.165, 1.54) is 11.1 Å². The molecule has 1 aliphatic rings. The number of esters is 1. The quantitative estimate of drug-likeness (QED) is 0.515. The second-order valence-electron chi connectivity index (χ2n) is 10.3. The lowest BCUT2D eigenvalue weighted by atomic mass is 9.50. The summed E-state index contributed by atoms with van der Waals surface area (Å²) < 4.78 is 11.0. The van der Waals surface area contributed by atoms with Crippen LogP contribution >= 0.6 is 0 Å². The van der Waals surface area contributed by atoms with E-state index in [1.54, 1.807) is 6.92 Å². The SMILES string of the molecule is CCOC(=O)COc1c(C)cccc1C1=CC(C(C)(C)C)(C(C)(C)C)CC(C)=C1. The van der Waals surface area contributed by atoms with E-state index in [4.69, 9.17) is 9.47 Å². The van der Waals surface area contributed by atoms with Crippen LogP contribution in [0.5, 0.6) is 5.75 Å². The second-order valence-corrected chi connectivity index (χ2v) is 10.3. The van der Waals surface area contributed by atoms with E-state index < -0.39 is 0 Å². The Hall–Kier alpha value is -2.03. The fourth-order valence-corrected chi connectivity index (χ4v) is 4.76. The molecule has 0 aliphatic heterocycles. The van der Waals surface area contributed by atoms with Crippen LogP contribution in [0.25, 0.3) is 5.57 Å². The van der Waals surface area contributed by atoms with Gasteiger partial charge in [-0.3, -0.25) is 0 Å². The molecule has 0 bridgehead atoms. The first-order chi connectivity index (χ1) is 13.3. The van der Waals surface area contributed by atoms with Gasteiger partial charge in [-0.25, -0.2) is 4.79 Å². The average Bonchev–Trinajstić information content (AvgIpc) is 2.58. The van der Waals surface area contributed by atoms with Crippen molar-refractivity contribution in [2.24, 2.45) is 16.2 Å². The van der Waals surface area contributed by atoms with Crippen LogP contribution in [0.3, 0.4) is 0 Å². The third-order valence-electron chi connectivity index (χ3n) is 6.20. The Morgan fingerprint density at radius 2 is 1.69 bits per heavy atom. The first-order valence-electron chi connectivity index (χ1n) is 10.6. The molecule has 0 saturated heterocycles. The van der Waals surface area contributed by atoms with Crippen molar-refractivity contribution in [2.75, 3.05) is 13.2 Å². The number of para-hydroxylation sites is 1. The molecule has 0 aromatic heterocycles. The number of carbonyl (C=O) groups is 1. The lowest BCUT2D eigenvalue weighted by Crippen LogP contribution is -2.46. The minimum absolute atomic E-state index is 0.00365. The number of hydrogen-bond donors (Lipinski definition) is 0. The van der Waals surface area contributed by atoms with Crippen LogP contribution in [0, 0.1) is 23.2 Å². The molecule has 0 N–H and O–H groups in total. The molecular formula is C26H38O3. The largest absolute Gasteiger partial charge is 0.481 e. The van der Waals surface area contributed by atoms with Gasteiger partial charge in [0.15, 0.2) is 6.61 Å². The Morgan fingerprint density at radius 3 is 2.24 bits per heavy atom. The summed E-state index contributed by atoms with van der Waals surface area (Å²) in [7, 11) is 0. The molecule has 29 heavy (non-hydrogen) atoms. The summed E-state index contributed by atoms with van der Waals surface area (Å²) >= 11 is 0. The number of hydrogen-bond acceptors (Lipinski definition) is 3. The Labute approximate surface area is 177 Å². The highest BCUT2D eigenvalue weighted by molar-refractivity contribution is 5.81. The molecule has 160 valence electrons. The van der Waals surface area contributed by atoms with E-state index >= 15 is 0 Å². The number of benzene rings is 1. The number of aryl methyl sites for hydroxylation is 1. The van der Waals surface area contributed by atoms with E-state index in [0.717, 1.165) is 23.3 Å². The van der Waals surface area contributed by atoms with Crippen LogP contribution in [0.15, 0.2) is 35.9 Å². The van der Waals surface area contributed by atoms with Gasteiger partial charge in [-0.15, -0.1) is 0 Å². The third kappa shape index (κ3) is 4.76. The van der Waals surface area contributed by atoms with Crippen molar-refractivity contribution < 1.29 is 14.3 Å². The van der Waals surface area contributed by atoms with Gasteiger partial charge < -0.3 is 9.47 Å². The van der Waals surface area contributed by atoms with Crippen molar-refractivity contribution in [1.29, 1.82) is 0 Å². The van der Waals surface area contributed by atoms with Gasteiger partial charge in [0.25, 0.3) is 0 Å². The van der Waals surface area contributed by atoms with Crippen molar-refractivity contribution in [2.45, 2.75) is 68.7 Å². The van der Waals surface area contributed by atoms with Crippen molar-refractivity contribution >= 4 is 11.5 Å². The van der Waals surface area contributed by atoms with Crippen LogP contribution in [0.4, 0.5) is 0 Å². The number of ether oxygens (including phenoxy) is 2. The fourth-order valence-electron chi connectivity index (χ4n) is 4.76. The van der Waals surface area contributed by atoms with E-state index in [-0.39, 0.29) is 28.8 Å². The highest BCUT2D eigenvalue weighted by atomic mass is 16.6. The van der Waals surface area contributed by atoms with Crippen LogP contribution < -0.4 is 4.74 Å². The molecule has 0 atom stereocenters. The summed E-state index contributed by atoms with van der Waals surface area (Å²) in [5.74, 6) is 0.416. The molecule has 0 saturated carbocycles. The maximum Gasteiger partial charge on any atom is 0.344 e. The molecule has 2 rings (SSSR count). The van der Waals surface area contributed by atoms with Gasteiger partial charge in [0.1, 0.15) is 5.75 Å². The molecule has 3 nitrogen and oxygen atoms in total.